The van der Waals surface area contributed by atoms with E-state index in [0.717, 1.165) is 5.56 Å². The number of aromatic nitrogens is 1. The molecule has 0 atom stereocenters. The molecule has 0 aliphatic carbocycles. The zero-order chi connectivity index (χ0) is 9.68. The first-order valence-corrected chi connectivity index (χ1v) is 4.20. The third-order valence-electron chi connectivity index (χ3n) is 1.68. The van der Waals surface area contributed by atoms with E-state index in [1.807, 2.05) is 6.92 Å². The highest BCUT2D eigenvalue weighted by Gasteiger charge is 1.98. The SMILES string of the molecule is Cc1cc(OCCCO)ncc1N. The third-order valence-corrected chi connectivity index (χ3v) is 1.68. The lowest BCUT2D eigenvalue weighted by Gasteiger charge is -2.05. The van der Waals surface area contributed by atoms with Gasteiger partial charge in [0.05, 0.1) is 18.5 Å². The molecule has 0 aliphatic heterocycles. The van der Waals surface area contributed by atoms with E-state index < -0.39 is 0 Å². The van der Waals surface area contributed by atoms with E-state index in [0.29, 0.717) is 24.6 Å². The molecule has 1 aromatic heterocycles. The average molecular weight is 182 g/mol. The van der Waals surface area contributed by atoms with Crippen LogP contribution in [0.4, 0.5) is 5.69 Å². The van der Waals surface area contributed by atoms with Crippen LogP contribution in [0.1, 0.15) is 12.0 Å². The maximum atomic E-state index is 8.52. The highest BCUT2D eigenvalue weighted by molar-refractivity contribution is 5.45. The van der Waals surface area contributed by atoms with Gasteiger partial charge in [-0.25, -0.2) is 4.98 Å². The normalized spacial score (nSPS) is 10.0. The van der Waals surface area contributed by atoms with Gasteiger partial charge in [-0.15, -0.1) is 0 Å². The van der Waals surface area contributed by atoms with Crippen molar-refractivity contribution >= 4 is 5.69 Å². The Labute approximate surface area is 77.4 Å². The summed E-state index contributed by atoms with van der Waals surface area (Å²) in [6.45, 7) is 2.51. The van der Waals surface area contributed by atoms with E-state index in [2.05, 4.69) is 4.98 Å². The Hall–Kier alpha value is -1.29. The van der Waals surface area contributed by atoms with Crippen LogP contribution >= 0.6 is 0 Å². The van der Waals surface area contributed by atoms with Crippen molar-refractivity contribution in [3.05, 3.63) is 17.8 Å². The minimum absolute atomic E-state index is 0.133. The molecule has 0 saturated heterocycles. The first kappa shape index (κ1) is 9.80. The Morgan fingerprint density at radius 1 is 1.62 bits per heavy atom. The molecular weight excluding hydrogens is 168 g/mol. The quantitative estimate of drug-likeness (QED) is 0.674. The maximum Gasteiger partial charge on any atom is 0.213 e. The Balaban J connectivity index is 2.53. The first-order valence-electron chi connectivity index (χ1n) is 4.20. The molecule has 72 valence electrons. The topological polar surface area (TPSA) is 68.4 Å². The van der Waals surface area contributed by atoms with E-state index in [4.69, 9.17) is 15.6 Å². The molecule has 0 fully saturated rings. The van der Waals surface area contributed by atoms with Crippen LogP contribution in [0.3, 0.4) is 0 Å². The van der Waals surface area contributed by atoms with E-state index in [1.165, 1.54) is 0 Å². The van der Waals surface area contributed by atoms with Gasteiger partial charge in [0.2, 0.25) is 5.88 Å². The monoisotopic (exact) mass is 182 g/mol. The summed E-state index contributed by atoms with van der Waals surface area (Å²) in [4.78, 5) is 3.98. The predicted octanol–water partition coefficient (Wildman–Crippen LogP) is 0.733. The minimum Gasteiger partial charge on any atom is -0.478 e. The standard InChI is InChI=1S/C9H14N2O2/c1-7-5-9(11-6-8(7)10)13-4-2-3-12/h5-6,12H,2-4,10H2,1H3. The van der Waals surface area contributed by atoms with Gasteiger partial charge in [0.25, 0.3) is 0 Å². The van der Waals surface area contributed by atoms with Crippen molar-refractivity contribution in [2.24, 2.45) is 0 Å². The van der Waals surface area contributed by atoms with Crippen molar-refractivity contribution in [1.82, 2.24) is 4.98 Å². The Kier molecular flexibility index (Phi) is 3.52. The van der Waals surface area contributed by atoms with Gasteiger partial charge >= 0.3 is 0 Å². The fourth-order valence-electron chi connectivity index (χ4n) is 0.861. The van der Waals surface area contributed by atoms with Gasteiger partial charge in [-0.3, -0.25) is 0 Å². The Morgan fingerprint density at radius 2 is 2.38 bits per heavy atom. The van der Waals surface area contributed by atoms with Crippen LogP contribution in [0.2, 0.25) is 0 Å². The number of aliphatic hydroxyl groups excluding tert-OH is 1. The van der Waals surface area contributed by atoms with Crippen molar-refractivity contribution < 1.29 is 9.84 Å². The largest absolute Gasteiger partial charge is 0.478 e. The van der Waals surface area contributed by atoms with E-state index >= 15 is 0 Å². The summed E-state index contributed by atoms with van der Waals surface area (Å²) in [5.74, 6) is 0.556. The third kappa shape index (κ3) is 2.91. The predicted molar refractivity (Wildman–Crippen MR) is 50.6 cm³/mol. The molecule has 4 nitrogen and oxygen atoms in total. The number of hydrogen-bond acceptors (Lipinski definition) is 4. The van der Waals surface area contributed by atoms with Crippen molar-refractivity contribution in [2.45, 2.75) is 13.3 Å². The minimum atomic E-state index is 0.133. The summed E-state index contributed by atoms with van der Waals surface area (Å²) in [5, 5.41) is 8.52. The van der Waals surface area contributed by atoms with Gasteiger partial charge in [-0.1, -0.05) is 0 Å². The second-order valence-electron chi connectivity index (χ2n) is 2.80. The molecule has 1 aromatic rings. The maximum absolute atomic E-state index is 8.52. The number of nitrogens with zero attached hydrogens (tertiary/aromatic N) is 1. The van der Waals surface area contributed by atoms with Gasteiger partial charge in [0.15, 0.2) is 0 Å². The van der Waals surface area contributed by atoms with Gasteiger partial charge in [0, 0.05) is 19.1 Å². The number of nitrogens with two attached hydrogens (primary N) is 1. The second kappa shape index (κ2) is 4.67. The summed E-state index contributed by atoms with van der Waals surface area (Å²) in [7, 11) is 0. The summed E-state index contributed by atoms with van der Waals surface area (Å²) in [5.41, 5.74) is 7.20. The molecule has 13 heavy (non-hydrogen) atoms. The van der Waals surface area contributed by atoms with Crippen molar-refractivity contribution in [2.75, 3.05) is 18.9 Å². The molecular formula is C9H14N2O2. The molecule has 0 aliphatic rings. The number of hydrogen-bond donors (Lipinski definition) is 2. The van der Waals surface area contributed by atoms with Crippen molar-refractivity contribution in [3.8, 4) is 5.88 Å². The Morgan fingerprint density at radius 3 is 3.00 bits per heavy atom. The number of aliphatic hydroxyl groups is 1. The Bertz CT molecular complexity index is 276. The van der Waals surface area contributed by atoms with Gasteiger partial charge in [-0.05, 0) is 12.5 Å². The van der Waals surface area contributed by atoms with Gasteiger partial charge < -0.3 is 15.6 Å². The lowest BCUT2D eigenvalue weighted by atomic mass is 10.2. The highest BCUT2D eigenvalue weighted by Crippen LogP contribution is 2.14. The summed E-state index contributed by atoms with van der Waals surface area (Å²) in [6.07, 6.45) is 2.19. The molecule has 0 spiro atoms. The van der Waals surface area contributed by atoms with E-state index in [9.17, 15) is 0 Å². The number of anilines is 1. The number of nitrogen functional groups attached to an aromatic ring is 1. The number of rotatable bonds is 4. The van der Waals surface area contributed by atoms with Crippen LogP contribution in [0.15, 0.2) is 12.3 Å². The number of aryl methyl sites for hydroxylation is 1. The number of pyridine rings is 1. The summed E-state index contributed by atoms with van der Waals surface area (Å²) in [6, 6.07) is 1.78. The van der Waals surface area contributed by atoms with Crippen LogP contribution in [0, 0.1) is 6.92 Å². The average Bonchev–Trinajstić information content (AvgIpc) is 2.12. The van der Waals surface area contributed by atoms with Gasteiger partial charge in [-0.2, -0.15) is 0 Å². The van der Waals surface area contributed by atoms with Crippen molar-refractivity contribution in [1.29, 1.82) is 0 Å². The molecule has 0 saturated carbocycles. The fourth-order valence-corrected chi connectivity index (χ4v) is 0.861. The van der Waals surface area contributed by atoms with Crippen LogP contribution in [-0.2, 0) is 0 Å². The molecule has 1 rings (SSSR count). The second-order valence-corrected chi connectivity index (χ2v) is 2.80. The molecule has 4 heteroatoms. The van der Waals surface area contributed by atoms with E-state index in [-0.39, 0.29) is 6.61 Å². The van der Waals surface area contributed by atoms with Crippen LogP contribution in [0.5, 0.6) is 5.88 Å². The zero-order valence-electron chi connectivity index (χ0n) is 7.66. The lowest BCUT2D eigenvalue weighted by Crippen LogP contribution is -2.02. The first-order chi connectivity index (χ1) is 6.24. The molecule has 0 radical (unpaired) electrons. The van der Waals surface area contributed by atoms with Crippen LogP contribution < -0.4 is 10.5 Å². The van der Waals surface area contributed by atoms with Crippen molar-refractivity contribution in [3.63, 3.8) is 0 Å². The molecule has 0 aromatic carbocycles. The molecule has 3 N–H and O–H groups in total. The highest BCUT2D eigenvalue weighted by atomic mass is 16.5. The molecule has 0 bridgehead atoms. The van der Waals surface area contributed by atoms with Gasteiger partial charge in [0.1, 0.15) is 0 Å². The number of ether oxygens (including phenoxy) is 1. The zero-order valence-corrected chi connectivity index (χ0v) is 7.66. The van der Waals surface area contributed by atoms with Crippen LogP contribution in [0.25, 0.3) is 0 Å². The lowest BCUT2D eigenvalue weighted by molar-refractivity contribution is 0.229. The van der Waals surface area contributed by atoms with Crippen LogP contribution in [-0.4, -0.2) is 23.3 Å². The fraction of sp³-hybridized carbons (Fsp3) is 0.444. The smallest absolute Gasteiger partial charge is 0.213 e. The molecule has 1 heterocycles. The molecule has 0 amide bonds. The van der Waals surface area contributed by atoms with E-state index in [1.54, 1.807) is 12.3 Å². The summed E-state index contributed by atoms with van der Waals surface area (Å²) >= 11 is 0. The molecule has 0 unspecified atom stereocenters. The summed E-state index contributed by atoms with van der Waals surface area (Å²) < 4.78 is 5.26.